The normalized spacial score (nSPS) is 28.3. The average Bonchev–Trinajstić information content (AvgIpc) is 2.59. The van der Waals surface area contributed by atoms with Gasteiger partial charge in [-0.1, -0.05) is 6.07 Å². The van der Waals surface area contributed by atoms with Crippen LogP contribution in [0.25, 0.3) is 0 Å². The number of rotatable bonds is 4. The predicted octanol–water partition coefficient (Wildman–Crippen LogP) is 2.54. The molecule has 1 amide bonds. The Morgan fingerprint density at radius 2 is 2.04 bits per heavy atom. The minimum absolute atomic E-state index is 0.162. The van der Waals surface area contributed by atoms with Crippen molar-refractivity contribution in [2.75, 3.05) is 20.1 Å². The van der Waals surface area contributed by atoms with Crippen LogP contribution in [0.1, 0.15) is 44.1 Å². The van der Waals surface area contributed by atoms with E-state index in [0.29, 0.717) is 11.9 Å². The van der Waals surface area contributed by atoms with Crippen molar-refractivity contribution in [1.82, 2.24) is 15.2 Å². The second-order valence-electron chi connectivity index (χ2n) is 7.38. The Labute approximate surface area is 144 Å². The van der Waals surface area contributed by atoms with Gasteiger partial charge in [-0.3, -0.25) is 4.79 Å². The molecule has 24 heavy (non-hydrogen) atoms. The van der Waals surface area contributed by atoms with Crippen LogP contribution in [0.2, 0.25) is 0 Å². The Hall–Kier alpha value is -1.62. The Balaban J connectivity index is 1.41. The average molecular weight is 331 g/mol. The second kappa shape index (κ2) is 7.97. The van der Waals surface area contributed by atoms with Gasteiger partial charge in [0.1, 0.15) is 6.10 Å². The van der Waals surface area contributed by atoms with Crippen LogP contribution in [0, 0.1) is 12.8 Å². The van der Waals surface area contributed by atoms with Crippen molar-refractivity contribution in [2.45, 2.75) is 57.6 Å². The topological polar surface area (TPSA) is 54.5 Å². The highest BCUT2D eigenvalue weighted by molar-refractivity contribution is 5.79. The van der Waals surface area contributed by atoms with E-state index in [9.17, 15) is 4.79 Å². The monoisotopic (exact) mass is 331 g/mol. The minimum atomic E-state index is 0.162. The van der Waals surface area contributed by atoms with E-state index in [4.69, 9.17) is 4.74 Å². The largest absolute Gasteiger partial charge is 0.474 e. The van der Waals surface area contributed by atoms with Crippen LogP contribution in [0.15, 0.2) is 18.3 Å². The van der Waals surface area contributed by atoms with Gasteiger partial charge in [-0.15, -0.1) is 0 Å². The highest BCUT2D eigenvalue weighted by Gasteiger charge is 2.28. The first-order valence-electron chi connectivity index (χ1n) is 9.18. The third-order valence-electron chi connectivity index (χ3n) is 5.19. The molecule has 1 unspecified atom stereocenters. The molecule has 0 bridgehead atoms. The van der Waals surface area contributed by atoms with Crippen molar-refractivity contribution in [3.63, 3.8) is 0 Å². The lowest BCUT2D eigenvalue weighted by Gasteiger charge is -2.32. The first-order chi connectivity index (χ1) is 11.6. The molecule has 2 aliphatic rings. The molecule has 0 aromatic carbocycles. The van der Waals surface area contributed by atoms with Crippen LogP contribution >= 0.6 is 0 Å². The summed E-state index contributed by atoms with van der Waals surface area (Å²) < 4.78 is 5.96. The second-order valence-corrected chi connectivity index (χ2v) is 7.38. The molecule has 1 aromatic rings. The number of aromatic nitrogens is 1. The van der Waals surface area contributed by atoms with E-state index in [1.165, 1.54) is 0 Å². The van der Waals surface area contributed by atoms with Crippen molar-refractivity contribution >= 4 is 5.91 Å². The number of likely N-dealkylation sites (tertiary alicyclic amines) is 1. The van der Waals surface area contributed by atoms with Gasteiger partial charge in [-0.2, -0.15) is 0 Å². The van der Waals surface area contributed by atoms with E-state index in [1.807, 2.05) is 25.3 Å². The number of amides is 1. The fraction of sp³-hybridized carbons (Fsp3) is 0.684. The van der Waals surface area contributed by atoms with E-state index in [2.05, 4.69) is 22.2 Å². The zero-order valence-electron chi connectivity index (χ0n) is 14.8. The number of ether oxygens (including phenoxy) is 1. The molecular formula is C19H29N3O2. The molecule has 3 rings (SSSR count). The maximum Gasteiger partial charge on any atom is 0.224 e. The molecule has 1 aromatic heterocycles. The molecule has 0 spiro atoms. The van der Waals surface area contributed by atoms with Gasteiger partial charge in [0, 0.05) is 24.8 Å². The summed E-state index contributed by atoms with van der Waals surface area (Å²) in [4.78, 5) is 19.0. The SMILES string of the molecule is Cc1ccc(OC2CCC(NC(=O)C3CCCN(C)C3)CC2)nc1. The van der Waals surface area contributed by atoms with Crippen LogP contribution in [0.4, 0.5) is 0 Å². The molecule has 1 saturated heterocycles. The molecule has 1 saturated carbocycles. The van der Waals surface area contributed by atoms with Crippen molar-refractivity contribution in [3.05, 3.63) is 23.9 Å². The number of pyridine rings is 1. The van der Waals surface area contributed by atoms with Gasteiger partial charge in [-0.25, -0.2) is 4.98 Å². The van der Waals surface area contributed by atoms with Gasteiger partial charge in [-0.05, 0) is 64.6 Å². The summed E-state index contributed by atoms with van der Waals surface area (Å²) in [6.45, 7) is 4.03. The number of aryl methyl sites for hydroxylation is 1. The third-order valence-corrected chi connectivity index (χ3v) is 5.19. The fourth-order valence-electron chi connectivity index (χ4n) is 3.72. The summed E-state index contributed by atoms with van der Waals surface area (Å²) >= 11 is 0. The van der Waals surface area contributed by atoms with Crippen molar-refractivity contribution in [1.29, 1.82) is 0 Å². The smallest absolute Gasteiger partial charge is 0.224 e. The zero-order chi connectivity index (χ0) is 16.9. The Morgan fingerprint density at radius 1 is 1.25 bits per heavy atom. The molecule has 132 valence electrons. The lowest BCUT2D eigenvalue weighted by molar-refractivity contribution is -0.127. The van der Waals surface area contributed by atoms with Crippen LogP contribution in [0.5, 0.6) is 5.88 Å². The van der Waals surface area contributed by atoms with Gasteiger partial charge < -0.3 is 15.0 Å². The van der Waals surface area contributed by atoms with Gasteiger partial charge in [0.15, 0.2) is 0 Å². The summed E-state index contributed by atoms with van der Waals surface area (Å²) in [5.74, 6) is 1.11. The number of piperidine rings is 1. The highest BCUT2D eigenvalue weighted by atomic mass is 16.5. The van der Waals surface area contributed by atoms with Crippen LogP contribution in [-0.4, -0.2) is 48.1 Å². The molecule has 1 aliphatic heterocycles. The van der Waals surface area contributed by atoms with E-state index in [0.717, 1.165) is 57.2 Å². The predicted molar refractivity (Wildman–Crippen MR) is 94.0 cm³/mol. The number of nitrogens with zero attached hydrogens (tertiary/aromatic N) is 2. The Bertz CT molecular complexity index is 538. The first kappa shape index (κ1) is 17.2. The number of carbonyl (C=O) groups excluding carboxylic acids is 1. The fourth-order valence-corrected chi connectivity index (χ4v) is 3.72. The molecule has 1 atom stereocenters. The molecule has 2 fully saturated rings. The maximum atomic E-state index is 12.4. The molecule has 0 radical (unpaired) electrons. The summed E-state index contributed by atoms with van der Waals surface area (Å²) in [5, 5.41) is 3.26. The van der Waals surface area contributed by atoms with E-state index in [1.54, 1.807) is 0 Å². The third kappa shape index (κ3) is 4.69. The molecule has 5 heteroatoms. The summed E-state index contributed by atoms with van der Waals surface area (Å²) in [6.07, 6.45) is 8.13. The molecule has 1 aliphatic carbocycles. The molecule has 1 N–H and O–H groups in total. The van der Waals surface area contributed by atoms with Crippen LogP contribution in [-0.2, 0) is 4.79 Å². The van der Waals surface area contributed by atoms with E-state index >= 15 is 0 Å². The van der Waals surface area contributed by atoms with Gasteiger partial charge >= 0.3 is 0 Å². The number of hydrogen-bond acceptors (Lipinski definition) is 4. The standard InChI is InChI=1S/C19H29N3O2/c1-14-5-10-18(20-12-14)24-17-8-6-16(7-9-17)21-19(23)15-4-3-11-22(2)13-15/h5,10,12,15-17H,3-4,6-9,11,13H2,1-2H3,(H,21,23). The highest BCUT2D eigenvalue weighted by Crippen LogP contribution is 2.24. The maximum absolute atomic E-state index is 12.4. The Kier molecular flexibility index (Phi) is 5.72. The number of hydrogen-bond donors (Lipinski definition) is 1. The lowest BCUT2D eigenvalue weighted by atomic mass is 9.91. The quantitative estimate of drug-likeness (QED) is 0.921. The van der Waals surface area contributed by atoms with Gasteiger partial charge in [0.25, 0.3) is 0 Å². The summed E-state index contributed by atoms with van der Waals surface area (Å²) in [7, 11) is 2.10. The van der Waals surface area contributed by atoms with Crippen molar-refractivity contribution in [3.8, 4) is 5.88 Å². The number of nitrogens with one attached hydrogen (secondary N) is 1. The number of carbonyl (C=O) groups is 1. The van der Waals surface area contributed by atoms with Crippen LogP contribution < -0.4 is 10.1 Å². The Morgan fingerprint density at radius 3 is 2.71 bits per heavy atom. The van der Waals surface area contributed by atoms with Crippen molar-refractivity contribution in [2.24, 2.45) is 5.92 Å². The van der Waals surface area contributed by atoms with E-state index in [-0.39, 0.29) is 17.9 Å². The molecule has 2 heterocycles. The molecule has 5 nitrogen and oxygen atoms in total. The summed E-state index contributed by atoms with van der Waals surface area (Å²) in [5.41, 5.74) is 1.14. The van der Waals surface area contributed by atoms with Crippen molar-refractivity contribution < 1.29 is 9.53 Å². The molecular weight excluding hydrogens is 302 g/mol. The van der Waals surface area contributed by atoms with Gasteiger partial charge in [0.05, 0.1) is 5.92 Å². The minimum Gasteiger partial charge on any atom is -0.474 e. The summed E-state index contributed by atoms with van der Waals surface area (Å²) in [6, 6.07) is 4.26. The lowest BCUT2D eigenvalue weighted by Crippen LogP contribution is -2.46. The first-order valence-corrected chi connectivity index (χ1v) is 9.18. The van der Waals surface area contributed by atoms with Gasteiger partial charge in [0.2, 0.25) is 11.8 Å². The van der Waals surface area contributed by atoms with Crippen LogP contribution in [0.3, 0.4) is 0 Å². The van der Waals surface area contributed by atoms with E-state index < -0.39 is 0 Å². The zero-order valence-corrected chi connectivity index (χ0v) is 14.8.